The van der Waals surface area contributed by atoms with E-state index in [-0.39, 0.29) is 0 Å². The third-order valence-electron chi connectivity index (χ3n) is 2.12. The predicted molar refractivity (Wildman–Crippen MR) is 61.4 cm³/mol. The van der Waals surface area contributed by atoms with Crippen LogP contribution in [0.15, 0.2) is 36.8 Å². The van der Waals surface area contributed by atoms with Crippen molar-refractivity contribution in [2.75, 3.05) is 7.11 Å². The van der Waals surface area contributed by atoms with Crippen molar-refractivity contribution in [3.8, 4) is 16.9 Å². The molecule has 2 aromatic rings. The zero-order chi connectivity index (χ0) is 10.7. The summed E-state index contributed by atoms with van der Waals surface area (Å²) in [5.41, 5.74) is 1.83. The third-order valence-corrected chi connectivity index (χ3v) is 2.45. The molecule has 0 radical (unpaired) electrons. The third kappa shape index (κ3) is 1.89. The van der Waals surface area contributed by atoms with E-state index in [1.807, 2.05) is 24.3 Å². The van der Waals surface area contributed by atoms with Gasteiger partial charge in [-0.15, -0.1) is 0 Å². The van der Waals surface area contributed by atoms with Gasteiger partial charge >= 0.3 is 0 Å². The van der Waals surface area contributed by atoms with E-state index >= 15 is 0 Å². The molecule has 0 saturated heterocycles. The lowest BCUT2D eigenvalue weighted by atomic mass is 10.1. The van der Waals surface area contributed by atoms with E-state index < -0.39 is 0 Å². The number of nitrogens with one attached hydrogen (secondary N) is 1. The van der Waals surface area contributed by atoms with Gasteiger partial charge in [-0.05, 0) is 6.07 Å². The molecule has 1 heterocycles. The van der Waals surface area contributed by atoms with Crippen LogP contribution in [-0.4, -0.2) is 17.1 Å². The van der Waals surface area contributed by atoms with E-state index in [4.69, 9.17) is 17.0 Å². The molecule has 2 rings (SSSR count). The molecule has 15 heavy (non-hydrogen) atoms. The molecule has 76 valence electrons. The number of nitrogens with zero attached hydrogens (tertiary/aromatic N) is 1. The molecule has 0 aliphatic rings. The highest BCUT2D eigenvalue weighted by Gasteiger charge is 2.05. The molecule has 0 saturated carbocycles. The van der Waals surface area contributed by atoms with Gasteiger partial charge in [-0.2, -0.15) is 0 Å². The minimum Gasteiger partial charge on any atom is -0.496 e. The second kappa shape index (κ2) is 4.23. The Balaban J connectivity index is 2.64. The zero-order valence-electron chi connectivity index (χ0n) is 8.23. The molecule has 0 atom stereocenters. The van der Waals surface area contributed by atoms with E-state index in [0.717, 1.165) is 16.9 Å². The van der Waals surface area contributed by atoms with Gasteiger partial charge < -0.3 is 9.72 Å². The van der Waals surface area contributed by atoms with Crippen molar-refractivity contribution >= 4 is 12.2 Å². The fourth-order valence-electron chi connectivity index (χ4n) is 1.40. The number of aromatic nitrogens is 2. The van der Waals surface area contributed by atoms with Gasteiger partial charge in [0.15, 0.2) is 0 Å². The summed E-state index contributed by atoms with van der Waals surface area (Å²) in [5.74, 6) is 0.796. The highest BCUT2D eigenvalue weighted by molar-refractivity contribution is 7.71. The van der Waals surface area contributed by atoms with Crippen LogP contribution < -0.4 is 4.74 Å². The minimum absolute atomic E-state index is 0.662. The summed E-state index contributed by atoms with van der Waals surface area (Å²) < 4.78 is 5.93. The van der Waals surface area contributed by atoms with Crippen LogP contribution in [0.25, 0.3) is 11.1 Å². The number of rotatable bonds is 2. The maximum Gasteiger partial charge on any atom is 0.126 e. The van der Waals surface area contributed by atoms with E-state index in [1.54, 1.807) is 19.6 Å². The van der Waals surface area contributed by atoms with Crippen LogP contribution in [0, 0.1) is 4.64 Å². The van der Waals surface area contributed by atoms with Crippen molar-refractivity contribution in [3.05, 3.63) is 41.4 Å². The molecule has 0 bridgehead atoms. The van der Waals surface area contributed by atoms with E-state index in [0.29, 0.717) is 4.64 Å². The van der Waals surface area contributed by atoms with Crippen LogP contribution in [-0.2, 0) is 0 Å². The van der Waals surface area contributed by atoms with Crippen molar-refractivity contribution < 1.29 is 4.74 Å². The van der Waals surface area contributed by atoms with Crippen LogP contribution in [0.5, 0.6) is 5.75 Å². The first-order valence-corrected chi connectivity index (χ1v) is 4.90. The lowest BCUT2D eigenvalue weighted by Gasteiger charge is -2.07. The quantitative estimate of drug-likeness (QED) is 0.788. The standard InChI is InChI=1S/C11H10N2OS/c1-14-10-5-3-2-4-8(10)9-6-12-7-13-11(9)15/h2-7H,1H3,(H,12,13,15). The van der Waals surface area contributed by atoms with Gasteiger partial charge in [0, 0.05) is 17.3 Å². The summed E-state index contributed by atoms with van der Waals surface area (Å²) in [6, 6.07) is 7.72. The maximum atomic E-state index is 5.27. The molecule has 0 fully saturated rings. The molecular weight excluding hydrogens is 208 g/mol. The molecule has 3 nitrogen and oxygen atoms in total. The zero-order valence-corrected chi connectivity index (χ0v) is 9.04. The normalized spacial score (nSPS) is 9.93. The number of ether oxygens (including phenoxy) is 1. The molecule has 4 heteroatoms. The summed E-state index contributed by atoms with van der Waals surface area (Å²) in [6.45, 7) is 0. The summed E-state index contributed by atoms with van der Waals surface area (Å²) >= 11 is 5.19. The molecular formula is C11H10N2OS. The lowest BCUT2D eigenvalue weighted by molar-refractivity contribution is 0.416. The van der Waals surface area contributed by atoms with Crippen molar-refractivity contribution in [3.63, 3.8) is 0 Å². The molecule has 0 amide bonds. The Labute approximate surface area is 92.8 Å². The Morgan fingerprint density at radius 1 is 1.27 bits per heavy atom. The van der Waals surface area contributed by atoms with Crippen LogP contribution >= 0.6 is 12.2 Å². The molecule has 1 N–H and O–H groups in total. The topological polar surface area (TPSA) is 37.9 Å². The molecule has 0 aliphatic carbocycles. The van der Waals surface area contributed by atoms with Crippen molar-refractivity contribution in [1.29, 1.82) is 0 Å². The van der Waals surface area contributed by atoms with Crippen LogP contribution in [0.3, 0.4) is 0 Å². The summed E-state index contributed by atoms with van der Waals surface area (Å²) in [5, 5.41) is 0. The number of hydrogen-bond acceptors (Lipinski definition) is 3. The fourth-order valence-corrected chi connectivity index (χ4v) is 1.62. The monoisotopic (exact) mass is 218 g/mol. The summed E-state index contributed by atoms with van der Waals surface area (Å²) in [6.07, 6.45) is 3.30. The van der Waals surface area contributed by atoms with Crippen molar-refractivity contribution in [2.45, 2.75) is 0 Å². The maximum absolute atomic E-state index is 5.27. The van der Waals surface area contributed by atoms with Crippen molar-refractivity contribution in [2.24, 2.45) is 0 Å². The second-order valence-electron chi connectivity index (χ2n) is 2.99. The molecule has 0 spiro atoms. The first-order valence-electron chi connectivity index (χ1n) is 4.49. The lowest BCUT2D eigenvalue weighted by Crippen LogP contribution is -1.89. The second-order valence-corrected chi connectivity index (χ2v) is 3.40. The van der Waals surface area contributed by atoms with Crippen LogP contribution in [0.1, 0.15) is 0 Å². The van der Waals surface area contributed by atoms with E-state index in [1.165, 1.54) is 0 Å². The molecule has 0 unspecified atom stereocenters. The minimum atomic E-state index is 0.662. The Hall–Kier alpha value is -1.68. The highest BCUT2D eigenvalue weighted by atomic mass is 32.1. The smallest absolute Gasteiger partial charge is 0.126 e. The average Bonchev–Trinajstić information content (AvgIpc) is 2.30. The van der Waals surface area contributed by atoms with E-state index in [9.17, 15) is 0 Å². The van der Waals surface area contributed by atoms with Gasteiger partial charge in [0.25, 0.3) is 0 Å². The SMILES string of the molecule is COc1ccccc1-c1cnc[nH]c1=S. The van der Waals surface area contributed by atoms with Gasteiger partial charge in [0.1, 0.15) is 10.4 Å². The largest absolute Gasteiger partial charge is 0.496 e. The number of H-pyrrole nitrogens is 1. The summed E-state index contributed by atoms with van der Waals surface area (Å²) in [7, 11) is 1.64. The summed E-state index contributed by atoms with van der Waals surface area (Å²) in [4.78, 5) is 6.92. The first-order chi connectivity index (χ1) is 7.33. The van der Waals surface area contributed by atoms with Gasteiger partial charge in [-0.3, -0.25) is 0 Å². The molecule has 1 aromatic carbocycles. The predicted octanol–water partition coefficient (Wildman–Crippen LogP) is 2.81. The van der Waals surface area contributed by atoms with E-state index in [2.05, 4.69) is 9.97 Å². The van der Waals surface area contributed by atoms with Gasteiger partial charge in [0.2, 0.25) is 0 Å². The highest BCUT2D eigenvalue weighted by Crippen LogP contribution is 2.28. The Bertz CT molecular complexity index is 522. The number of para-hydroxylation sites is 1. The molecule has 0 aliphatic heterocycles. The van der Waals surface area contributed by atoms with Crippen molar-refractivity contribution in [1.82, 2.24) is 9.97 Å². The fraction of sp³-hybridized carbons (Fsp3) is 0.0909. The Morgan fingerprint density at radius 3 is 2.80 bits per heavy atom. The number of methoxy groups -OCH3 is 1. The number of hydrogen-bond donors (Lipinski definition) is 1. The molecule has 1 aromatic heterocycles. The number of aromatic amines is 1. The number of benzene rings is 1. The van der Waals surface area contributed by atoms with Gasteiger partial charge in [-0.1, -0.05) is 30.4 Å². The van der Waals surface area contributed by atoms with Gasteiger partial charge in [0.05, 0.1) is 13.4 Å². The first kappa shape index (κ1) is 9.86. The van der Waals surface area contributed by atoms with Crippen LogP contribution in [0.4, 0.5) is 0 Å². The average molecular weight is 218 g/mol. The Morgan fingerprint density at radius 2 is 2.07 bits per heavy atom. The Kier molecular flexibility index (Phi) is 2.78. The van der Waals surface area contributed by atoms with Crippen LogP contribution in [0.2, 0.25) is 0 Å². The van der Waals surface area contributed by atoms with Gasteiger partial charge in [-0.25, -0.2) is 4.98 Å².